The molecule has 0 saturated carbocycles. The third-order valence-corrected chi connectivity index (χ3v) is 4.35. The molecule has 0 aliphatic carbocycles. The van der Waals surface area contributed by atoms with Crippen LogP contribution in [0.4, 0.5) is 0 Å². The zero-order valence-electron chi connectivity index (χ0n) is 11.7. The largest absolute Gasteiger partial charge is 0.481 e. The normalized spacial score (nSPS) is 22.9. The second-order valence-electron chi connectivity index (χ2n) is 5.25. The van der Waals surface area contributed by atoms with Gasteiger partial charge in [-0.2, -0.15) is 0 Å². The van der Waals surface area contributed by atoms with Gasteiger partial charge in [0, 0.05) is 29.8 Å². The molecule has 2 unspecified atom stereocenters. The van der Waals surface area contributed by atoms with E-state index in [4.69, 9.17) is 5.11 Å². The zero-order chi connectivity index (χ0) is 14.9. The number of carboxylic acid groups (broad SMARTS) is 1. The number of halogens is 1. The van der Waals surface area contributed by atoms with Gasteiger partial charge in [0.25, 0.3) is 5.91 Å². The van der Waals surface area contributed by atoms with Crippen molar-refractivity contribution in [1.82, 2.24) is 9.47 Å². The van der Waals surface area contributed by atoms with Crippen LogP contribution in [0.1, 0.15) is 37.2 Å². The Balaban J connectivity index is 2.24. The quantitative estimate of drug-likeness (QED) is 0.918. The lowest BCUT2D eigenvalue weighted by atomic mass is 9.93. The third kappa shape index (κ3) is 2.90. The lowest BCUT2D eigenvalue weighted by Gasteiger charge is -2.36. The van der Waals surface area contributed by atoms with E-state index in [9.17, 15) is 9.59 Å². The fraction of sp³-hybridized carbons (Fsp3) is 0.571. The van der Waals surface area contributed by atoms with Crippen LogP contribution in [0.5, 0.6) is 0 Å². The molecule has 110 valence electrons. The standard InChI is InChI=1S/C14H19BrN2O3/c1-3-16-8-11(15)6-12(16)13(18)17-7-10(14(19)20)5-4-9(17)2/h6,8-10H,3-5,7H2,1-2H3,(H,19,20). The third-order valence-electron chi connectivity index (χ3n) is 3.92. The molecule has 0 spiro atoms. The molecule has 6 heteroatoms. The fourth-order valence-corrected chi connectivity index (χ4v) is 3.12. The molecule has 1 aromatic heterocycles. The minimum Gasteiger partial charge on any atom is -0.481 e. The van der Waals surface area contributed by atoms with Crippen LogP contribution in [-0.4, -0.2) is 39.0 Å². The van der Waals surface area contributed by atoms with Gasteiger partial charge in [-0.3, -0.25) is 9.59 Å². The Morgan fingerprint density at radius 3 is 2.75 bits per heavy atom. The van der Waals surface area contributed by atoms with E-state index in [0.717, 1.165) is 10.9 Å². The van der Waals surface area contributed by atoms with Crippen LogP contribution >= 0.6 is 15.9 Å². The summed E-state index contributed by atoms with van der Waals surface area (Å²) in [5.41, 5.74) is 0.609. The van der Waals surface area contributed by atoms with E-state index in [2.05, 4.69) is 15.9 Å². The van der Waals surface area contributed by atoms with Crippen molar-refractivity contribution in [2.24, 2.45) is 5.92 Å². The molecule has 2 heterocycles. The van der Waals surface area contributed by atoms with Gasteiger partial charge in [-0.1, -0.05) is 0 Å². The number of aromatic nitrogens is 1. The fourth-order valence-electron chi connectivity index (χ4n) is 2.65. The molecule has 1 aromatic rings. The lowest BCUT2D eigenvalue weighted by Crippen LogP contribution is -2.47. The Hall–Kier alpha value is -1.30. The maximum Gasteiger partial charge on any atom is 0.308 e. The van der Waals surface area contributed by atoms with E-state index in [1.165, 1.54) is 0 Å². The Bertz CT molecular complexity index is 526. The lowest BCUT2D eigenvalue weighted by molar-refractivity contribution is -0.143. The maximum atomic E-state index is 12.7. The van der Waals surface area contributed by atoms with Gasteiger partial charge in [0.15, 0.2) is 0 Å². The predicted molar refractivity (Wildman–Crippen MR) is 78.7 cm³/mol. The summed E-state index contributed by atoms with van der Waals surface area (Å²) < 4.78 is 2.74. The van der Waals surface area contributed by atoms with E-state index < -0.39 is 11.9 Å². The van der Waals surface area contributed by atoms with Crippen LogP contribution in [0.2, 0.25) is 0 Å². The molecule has 20 heavy (non-hydrogen) atoms. The van der Waals surface area contributed by atoms with Crippen molar-refractivity contribution in [2.75, 3.05) is 6.54 Å². The summed E-state index contributed by atoms with van der Waals surface area (Å²) >= 11 is 3.38. The molecule has 1 aliphatic rings. The minimum atomic E-state index is -0.818. The SMILES string of the molecule is CCn1cc(Br)cc1C(=O)N1CC(C(=O)O)CCC1C. The Labute approximate surface area is 126 Å². The molecule has 1 saturated heterocycles. The highest BCUT2D eigenvalue weighted by molar-refractivity contribution is 9.10. The minimum absolute atomic E-state index is 0.0806. The van der Waals surface area contributed by atoms with Crippen LogP contribution in [0.15, 0.2) is 16.7 Å². The van der Waals surface area contributed by atoms with E-state index in [0.29, 0.717) is 25.2 Å². The van der Waals surface area contributed by atoms with Crippen molar-refractivity contribution < 1.29 is 14.7 Å². The molecule has 1 aliphatic heterocycles. The molecule has 1 amide bonds. The number of aliphatic carboxylic acids is 1. The summed E-state index contributed by atoms with van der Waals surface area (Å²) in [6.45, 7) is 4.95. The monoisotopic (exact) mass is 342 g/mol. The van der Waals surface area contributed by atoms with Gasteiger partial charge in [0.1, 0.15) is 5.69 Å². The Morgan fingerprint density at radius 1 is 1.45 bits per heavy atom. The summed E-state index contributed by atoms with van der Waals surface area (Å²) in [5.74, 6) is -1.36. The maximum absolute atomic E-state index is 12.7. The van der Waals surface area contributed by atoms with Crippen molar-refractivity contribution in [2.45, 2.75) is 39.3 Å². The number of hydrogen-bond donors (Lipinski definition) is 1. The molecule has 1 N–H and O–H groups in total. The van der Waals surface area contributed by atoms with E-state index in [1.807, 2.05) is 24.6 Å². The van der Waals surface area contributed by atoms with Crippen LogP contribution in [0, 0.1) is 5.92 Å². The van der Waals surface area contributed by atoms with E-state index >= 15 is 0 Å². The van der Waals surface area contributed by atoms with Crippen LogP contribution < -0.4 is 0 Å². The highest BCUT2D eigenvalue weighted by atomic mass is 79.9. The number of carbonyl (C=O) groups excluding carboxylic acids is 1. The summed E-state index contributed by atoms with van der Waals surface area (Å²) in [6.07, 6.45) is 3.24. The van der Waals surface area contributed by atoms with Crippen molar-refractivity contribution in [1.29, 1.82) is 0 Å². The van der Waals surface area contributed by atoms with Crippen molar-refractivity contribution >= 4 is 27.8 Å². The van der Waals surface area contributed by atoms with Gasteiger partial charge in [0.2, 0.25) is 0 Å². The number of amides is 1. The number of carboxylic acids is 1. The number of hydrogen-bond acceptors (Lipinski definition) is 2. The first-order chi connectivity index (χ1) is 9.43. The Kier molecular flexibility index (Phi) is 4.52. The number of likely N-dealkylation sites (tertiary alicyclic amines) is 1. The van der Waals surface area contributed by atoms with E-state index in [1.54, 1.807) is 11.0 Å². The molecule has 2 atom stereocenters. The number of nitrogens with zero attached hydrogens (tertiary/aromatic N) is 2. The topological polar surface area (TPSA) is 62.5 Å². The second kappa shape index (κ2) is 5.99. The molecule has 0 aromatic carbocycles. The predicted octanol–water partition coefficient (Wildman–Crippen LogP) is 2.60. The molecule has 5 nitrogen and oxygen atoms in total. The number of carbonyl (C=O) groups is 2. The molecule has 2 rings (SSSR count). The summed E-state index contributed by atoms with van der Waals surface area (Å²) in [4.78, 5) is 25.5. The van der Waals surface area contributed by atoms with Crippen molar-refractivity contribution in [3.63, 3.8) is 0 Å². The van der Waals surface area contributed by atoms with Crippen molar-refractivity contribution in [3.8, 4) is 0 Å². The van der Waals surface area contributed by atoms with Gasteiger partial charge in [-0.05, 0) is 48.7 Å². The number of piperidine rings is 1. The van der Waals surface area contributed by atoms with Crippen molar-refractivity contribution in [3.05, 3.63) is 22.4 Å². The zero-order valence-corrected chi connectivity index (χ0v) is 13.3. The molecular formula is C14H19BrN2O3. The molecule has 0 bridgehead atoms. The number of aryl methyl sites for hydroxylation is 1. The van der Waals surface area contributed by atoms with E-state index in [-0.39, 0.29) is 11.9 Å². The van der Waals surface area contributed by atoms with Gasteiger partial charge in [-0.25, -0.2) is 0 Å². The average Bonchev–Trinajstić information content (AvgIpc) is 2.79. The first kappa shape index (κ1) is 15.1. The van der Waals surface area contributed by atoms with Crippen LogP contribution in [-0.2, 0) is 11.3 Å². The molecule has 1 fully saturated rings. The average molecular weight is 343 g/mol. The smallest absolute Gasteiger partial charge is 0.308 e. The second-order valence-corrected chi connectivity index (χ2v) is 6.16. The van der Waals surface area contributed by atoms with Gasteiger partial charge in [0.05, 0.1) is 5.92 Å². The van der Waals surface area contributed by atoms with Gasteiger partial charge >= 0.3 is 5.97 Å². The highest BCUT2D eigenvalue weighted by Gasteiger charge is 2.33. The molecular weight excluding hydrogens is 324 g/mol. The summed E-state index contributed by atoms with van der Waals surface area (Å²) in [6, 6.07) is 1.88. The van der Waals surface area contributed by atoms with Crippen LogP contribution in [0.25, 0.3) is 0 Å². The van der Waals surface area contributed by atoms with Gasteiger partial charge < -0.3 is 14.6 Å². The Morgan fingerprint density at radius 2 is 2.15 bits per heavy atom. The first-order valence-corrected chi connectivity index (χ1v) is 7.62. The van der Waals surface area contributed by atoms with Gasteiger partial charge in [-0.15, -0.1) is 0 Å². The van der Waals surface area contributed by atoms with Crippen LogP contribution in [0.3, 0.4) is 0 Å². The first-order valence-electron chi connectivity index (χ1n) is 6.83. The summed E-state index contributed by atoms with van der Waals surface area (Å²) in [7, 11) is 0. The molecule has 0 radical (unpaired) electrons. The summed E-state index contributed by atoms with van der Waals surface area (Å²) in [5, 5.41) is 9.15. The number of rotatable bonds is 3. The highest BCUT2D eigenvalue weighted by Crippen LogP contribution is 2.25.